The summed E-state index contributed by atoms with van der Waals surface area (Å²) < 4.78 is 28.3. The van der Waals surface area contributed by atoms with E-state index in [2.05, 4.69) is 21.2 Å². The molecule has 4 nitrogen and oxygen atoms in total. The number of hydrogen-bond acceptors (Lipinski definition) is 4. The van der Waals surface area contributed by atoms with Crippen molar-refractivity contribution in [2.75, 3.05) is 19.6 Å². The normalized spacial score (nSPS) is 28.8. The molecule has 2 fully saturated rings. The first-order valence-electron chi connectivity index (χ1n) is 5.98. The van der Waals surface area contributed by atoms with Gasteiger partial charge in [0, 0.05) is 19.1 Å². The van der Waals surface area contributed by atoms with E-state index < -0.39 is 10.0 Å². The van der Waals surface area contributed by atoms with Crippen molar-refractivity contribution in [3.63, 3.8) is 0 Å². The van der Waals surface area contributed by atoms with Gasteiger partial charge < -0.3 is 5.32 Å². The molecular weight excluding hydrogens is 336 g/mol. The van der Waals surface area contributed by atoms with Gasteiger partial charge in [0.1, 0.15) is 4.21 Å². The van der Waals surface area contributed by atoms with Crippen molar-refractivity contribution >= 4 is 37.3 Å². The van der Waals surface area contributed by atoms with Crippen molar-refractivity contribution in [3.05, 3.63) is 15.4 Å². The SMILES string of the molecule is Cc1cc(S(=O)(=O)N2CC[C@H]3CNC[C@H]32)sc1Br. The number of hydrogen-bond donors (Lipinski definition) is 1. The molecular formula is C11H15BrN2O2S2. The van der Waals surface area contributed by atoms with Crippen molar-refractivity contribution < 1.29 is 8.42 Å². The van der Waals surface area contributed by atoms with Crippen LogP contribution in [-0.2, 0) is 10.0 Å². The first-order chi connectivity index (χ1) is 8.50. The lowest BCUT2D eigenvalue weighted by molar-refractivity contribution is 0.384. The van der Waals surface area contributed by atoms with Crippen LogP contribution in [-0.4, -0.2) is 38.4 Å². The van der Waals surface area contributed by atoms with Crippen molar-refractivity contribution in [1.29, 1.82) is 0 Å². The standard InChI is InChI=1S/C11H15BrN2O2S2/c1-7-4-10(17-11(7)12)18(15,16)14-3-2-8-5-13-6-9(8)14/h4,8-9,13H,2-3,5-6H2,1H3/t8-,9+/m0/s1. The molecule has 2 atom stereocenters. The van der Waals surface area contributed by atoms with Crippen molar-refractivity contribution in [1.82, 2.24) is 9.62 Å². The number of nitrogens with one attached hydrogen (secondary N) is 1. The predicted molar refractivity (Wildman–Crippen MR) is 75.4 cm³/mol. The van der Waals surface area contributed by atoms with E-state index in [1.165, 1.54) is 11.3 Å². The number of rotatable bonds is 2. The number of thiophene rings is 1. The van der Waals surface area contributed by atoms with Gasteiger partial charge in [-0.2, -0.15) is 4.31 Å². The molecule has 0 amide bonds. The second kappa shape index (κ2) is 4.56. The number of fused-ring (bicyclic) bond motifs is 1. The zero-order valence-corrected chi connectivity index (χ0v) is 13.2. The van der Waals surface area contributed by atoms with E-state index in [1.54, 1.807) is 10.4 Å². The van der Waals surface area contributed by atoms with Crippen LogP contribution >= 0.6 is 27.3 Å². The molecule has 1 N–H and O–H groups in total. The highest BCUT2D eigenvalue weighted by Gasteiger charge is 2.44. The quantitative estimate of drug-likeness (QED) is 0.884. The summed E-state index contributed by atoms with van der Waals surface area (Å²) in [5.41, 5.74) is 0.985. The molecule has 2 aliphatic rings. The van der Waals surface area contributed by atoms with Crippen LogP contribution in [0.5, 0.6) is 0 Å². The maximum atomic E-state index is 12.6. The van der Waals surface area contributed by atoms with Gasteiger partial charge in [-0.25, -0.2) is 8.42 Å². The molecule has 3 rings (SSSR count). The predicted octanol–water partition coefficient (Wildman–Crippen LogP) is 1.80. The van der Waals surface area contributed by atoms with E-state index in [4.69, 9.17) is 0 Å². The first-order valence-corrected chi connectivity index (χ1v) is 9.03. The molecule has 1 aromatic rings. The monoisotopic (exact) mass is 350 g/mol. The van der Waals surface area contributed by atoms with E-state index in [-0.39, 0.29) is 6.04 Å². The molecule has 0 unspecified atom stereocenters. The summed E-state index contributed by atoms with van der Waals surface area (Å²) in [5, 5.41) is 3.28. The summed E-state index contributed by atoms with van der Waals surface area (Å²) in [6.07, 6.45) is 0.975. The third-order valence-electron chi connectivity index (χ3n) is 3.79. The lowest BCUT2D eigenvalue weighted by Gasteiger charge is -2.21. The molecule has 2 aliphatic heterocycles. The molecule has 1 aromatic heterocycles. The summed E-state index contributed by atoms with van der Waals surface area (Å²) in [6.45, 7) is 4.32. The summed E-state index contributed by atoms with van der Waals surface area (Å²) >= 11 is 4.71. The number of halogens is 1. The Morgan fingerprint density at radius 2 is 2.28 bits per heavy atom. The fourth-order valence-corrected chi connectivity index (χ4v) is 6.84. The van der Waals surface area contributed by atoms with Gasteiger partial charge in [-0.1, -0.05) is 0 Å². The third-order valence-corrected chi connectivity index (χ3v) is 8.30. The molecule has 0 radical (unpaired) electrons. The Morgan fingerprint density at radius 1 is 1.50 bits per heavy atom. The highest BCUT2D eigenvalue weighted by Crippen LogP contribution is 2.37. The summed E-state index contributed by atoms with van der Waals surface area (Å²) in [7, 11) is -3.31. The maximum absolute atomic E-state index is 12.6. The smallest absolute Gasteiger partial charge is 0.252 e. The summed E-state index contributed by atoms with van der Waals surface area (Å²) in [4.78, 5) is 0. The van der Waals surface area contributed by atoms with E-state index in [0.29, 0.717) is 16.7 Å². The van der Waals surface area contributed by atoms with Crippen LogP contribution in [0.3, 0.4) is 0 Å². The Balaban J connectivity index is 1.95. The average molecular weight is 351 g/mol. The van der Waals surface area contributed by atoms with E-state index in [0.717, 1.165) is 28.9 Å². The minimum absolute atomic E-state index is 0.149. The minimum atomic E-state index is -3.31. The van der Waals surface area contributed by atoms with Crippen LogP contribution in [0.2, 0.25) is 0 Å². The van der Waals surface area contributed by atoms with Gasteiger partial charge in [0.2, 0.25) is 0 Å². The maximum Gasteiger partial charge on any atom is 0.252 e. The van der Waals surface area contributed by atoms with E-state index in [1.807, 2.05) is 6.92 Å². The molecule has 0 bridgehead atoms. The third kappa shape index (κ3) is 1.96. The van der Waals surface area contributed by atoms with Gasteiger partial charge in [-0.05, 0) is 53.4 Å². The molecule has 0 aromatic carbocycles. The van der Waals surface area contributed by atoms with Crippen LogP contribution < -0.4 is 5.32 Å². The summed E-state index contributed by atoms with van der Waals surface area (Å²) in [6, 6.07) is 1.91. The van der Waals surface area contributed by atoms with Crippen LogP contribution in [0.25, 0.3) is 0 Å². The van der Waals surface area contributed by atoms with Gasteiger partial charge in [-0.3, -0.25) is 0 Å². The minimum Gasteiger partial charge on any atom is -0.315 e. The van der Waals surface area contributed by atoms with Crippen molar-refractivity contribution in [2.45, 2.75) is 23.6 Å². The zero-order valence-electron chi connectivity index (χ0n) is 10.0. The fourth-order valence-electron chi connectivity index (χ4n) is 2.78. The molecule has 0 spiro atoms. The second-order valence-corrected chi connectivity index (χ2v) is 9.40. The lowest BCUT2D eigenvalue weighted by atomic mass is 10.1. The topological polar surface area (TPSA) is 49.4 Å². The molecule has 0 saturated carbocycles. The van der Waals surface area contributed by atoms with Crippen LogP contribution in [0.15, 0.2) is 14.1 Å². The Morgan fingerprint density at radius 3 is 2.94 bits per heavy atom. The van der Waals surface area contributed by atoms with Crippen molar-refractivity contribution in [2.24, 2.45) is 5.92 Å². The van der Waals surface area contributed by atoms with Crippen LogP contribution in [0.4, 0.5) is 0 Å². The number of sulfonamides is 1. The average Bonchev–Trinajstić information content (AvgIpc) is 2.94. The largest absolute Gasteiger partial charge is 0.315 e. The van der Waals surface area contributed by atoms with Crippen molar-refractivity contribution in [3.8, 4) is 0 Å². The molecule has 0 aliphatic carbocycles. The van der Waals surface area contributed by atoms with Gasteiger partial charge in [0.25, 0.3) is 10.0 Å². The Bertz CT molecular complexity index is 550. The van der Waals surface area contributed by atoms with Crippen LogP contribution in [0, 0.1) is 12.8 Å². The zero-order chi connectivity index (χ0) is 12.9. The lowest BCUT2D eigenvalue weighted by Crippen LogP contribution is -2.38. The summed E-state index contributed by atoms with van der Waals surface area (Å²) in [5.74, 6) is 0.490. The highest BCUT2D eigenvalue weighted by molar-refractivity contribution is 9.11. The van der Waals surface area contributed by atoms with Gasteiger partial charge >= 0.3 is 0 Å². The molecule has 2 saturated heterocycles. The number of aryl methyl sites for hydroxylation is 1. The first kappa shape index (κ1) is 13.1. The van der Waals surface area contributed by atoms with Gasteiger partial charge in [-0.15, -0.1) is 11.3 Å². The van der Waals surface area contributed by atoms with Crippen LogP contribution in [0.1, 0.15) is 12.0 Å². The second-order valence-electron chi connectivity index (χ2n) is 4.91. The molecule has 3 heterocycles. The highest BCUT2D eigenvalue weighted by atomic mass is 79.9. The van der Waals surface area contributed by atoms with Gasteiger partial charge in [0.15, 0.2) is 0 Å². The Hall–Kier alpha value is 0.0500. The Kier molecular flexibility index (Phi) is 3.30. The van der Waals surface area contributed by atoms with E-state index in [9.17, 15) is 8.42 Å². The fraction of sp³-hybridized carbons (Fsp3) is 0.636. The van der Waals surface area contributed by atoms with Gasteiger partial charge in [0.05, 0.1) is 3.79 Å². The molecule has 7 heteroatoms. The molecule has 18 heavy (non-hydrogen) atoms. The molecule has 100 valence electrons. The Labute approximate surface area is 120 Å². The van der Waals surface area contributed by atoms with E-state index >= 15 is 0 Å². The number of nitrogens with zero attached hydrogens (tertiary/aromatic N) is 1.